The first kappa shape index (κ1) is 11.3. The predicted molar refractivity (Wildman–Crippen MR) is 77.0 cm³/mol. The van der Waals surface area contributed by atoms with Crippen molar-refractivity contribution in [1.29, 1.82) is 0 Å². The van der Waals surface area contributed by atoms with Gasteiger partial charge in [0.2, 0.25) is 0 Å². The lowest BCUT2D eigenvalue weighted by atomic mass is 10.0. The van der Waals surface area contributed by atoms with Crippen LogP contribution in [0.1, 0.15) is 31.5 Å². The van der Waals surface area contributed by atoms with Crippen LogP contribution in [0, 0.1) is 0 Å². The first-order valence-electron chi connectivity index (χ1n) is 6.72. The molecular formula is C16H18N2. The third-order valence-corrected chi connectivity index (χ3v) is 3.53. The van der Waals surface area contributed by atoms with Gasteiger partial charge in [0.15, 0.2) is 0 Å². The standard InChI is InChI=1S/C16H18N2/c1-3-7-14-11(4-2)10-13-12-8-5-6-9-15(12)18-16(13)17-14/h5-6,8-10H,3-4,7H2,1-2H3,(H,17,18). The average Bonchev–Trinajstić information content (AvgIpc) is 2.75. The van der Waals surface area contributed by atoms with Crippen LogP contribution in [0.15, 0.2) is 30.3 Å². The molecule has 0 saturated carbocycles. The minimum absolute atomic E-state index is 1.02. The Kier molecular flexibility index (Phi) is 2.78. The number of aromatic amines is 1. The molecule has 0 radical (unpaired) electrons. The zero-order valence-electron chi connectivity index (χ0n) is 11.0. The highest BCUT2D eigenvalue weighted by Crippen LogP contribution is 2.26. The normalized spacial score (nSPS) is 11.4. The van der Waals surface area contributed by atoms with Gasteiger partial charge in [-0.15, -0.1) is 0 Å². The molecular weight excluding hydrogens is 220 g/mol. The summed E-state index contributed by atoms with van der Waals surface area (Å²) < 4.78 is 0. The zero-order valence-corrected chi connectivity index (χ0v) is 11.0. The van der Waals surface area contributed by atoms with Crippen LogP contribution < -0.4 is 0 Å². The topological polar surface area (TPSA) is 28.7 Å². The molecule has 2 heterocycles. The molecule has 92 valence electrons. The van der Waals surface area contributed by atoms with Crippen molar-refractivity contribution in [2.45, 2.75) is 33.1 Å². The number of rotatable bonds is 3. The molecule has 0 aliphatic rings. The number of hydrogen-bond donors (Lipinski definition) is 1. The maximum atomic E-state index is 4.82. The molecule has 0 saturated heterocycles. The maximum absolute atomic E-state index is 4.82. The first-order valence-corrected chi connectivity index (χ1v) is 6.72. The summed E-state index contributed by atoms with van der Waals surface area (Å²) in [6, 6.07) is 10.7. The van der Waals surface area contributed by atoms with Gasteiger partial charge in [0.25, 0.3) is 0 Å². The number of aryl methyl sites for hydroxylation is 2. The highest BCUT2D eigenvalue weighted by molar-refractivity contribution is 6.06. The molecule has 2 aromatic heterocycles. The fourth-order valence-corrected chi connectivity index (χ4v) is 2.61. The molecule has 2 nitrogen and oxygen atoms in total. The molecule has 0 aliphatic heterocycles. The van der Waals surface area contributed by atoms with Crippen molar-refractivity contribution in [3.63, 3.8) is 0 Å². The largest absolute Gasteiger partial charge is 0.339 e. The van der Waals surface area contributed by atoms with Gasteiger partial charge in [0, 0.05) is 22.0 Å². The van der Waals surface area contributed by atoms with Gasteiger partial charge < -0.3 is 4.98 Å². The van der Waals surface area contributed by atoms with Crippen molar-refractivity contribution in [2.75, 3.05) is 0 Å². The third kappa shape index (κ3) is 1.69. The summed E-state index contributed by atoms with van der Waals surface area (Å²) in [6.45, 7) is 4.41. The number of nitrogens with zero attached hydrogens (tertiary/aromatic N) is 1. The van der Waals surface area contributed by atoms with Crippen LogP contribution in [0.4, 0.5) is 0 Å². The average molecular weight is 238 g/mol. The quantitative estimate of drug-likeness (QED) is 0.726. The SMILES string of the molecule is CCCc1nc2[nH]c3ccccc3c2cc1CC. The summed E-state index contributed by atoms with van der Waals surface area (Å²) in [6.07, 6.45) is 3.26. The van der Waals surface area contributed by atoms with Crippen molar-refractivity contribution in [1.82, 2.24) is 9.97 Å². The van der Waals surface area contributed by atoms with Crippen molar-refractivity contribution < 1.29 is 0 Å². The lowest BCUT2D eigenvalue weighted by Gasteiger charge is -2.06. The molecule has 1 aromatic carbocycles. The van der Waals surface area contributed by atoms with Crippen LogP contribution in [0.5, 0.6) is 0 Å². The molecule has 0 unspecified atom stereocenters. The number of nitrogens with one attached hydrogen (secondary N) is 1. The van der Waals surface area contributed by atoms with E-state index in [0.29, 0.717) is 0 Å². The van der Waals surface area contributed by atoms with Crippen LogP contribution in [-0.2, 0) is 12.8 Å². The van der Waals surface area contributed by atoms with Gasteiger partial charge in [0.05, 0.1) is 0 Å². The number of para-hydroxylation sites is 1. The lowest BCUT2D eigenvalue weighted by molar-refractivity contribution is 0.864. The third-order valence-electron chi connectivity index (χ3n) is 3.53. The van der Waals surface area contributed by atoms with Crippen molar-refractivity contribution in [3.8, 4) is 0 Å². The molecule has 0 bridgehead atoms. The fraction of sp³-hybridized carbons (Fsp3) is 0.312. The Balaban J connectivity index is 2.32. The van der Waals surface area contributed by atoms with E-state index in [1.807, 2.05) is 0 Å². The van der Waals surface area contributed by atoms with E-state index in [9.17, 15) is 0 Å². The molecule has 3 rings (SSSR count). The van der Waals surface area contributed by atoms with Gasteiger partial charge >= 0.3 is 0 Å². The van der Waals surface area contributed by atoms with E-state index >= 15 is 0 Å². The second kappa shape index (κ2) is 4.45. The zero-order chi connectivity index (χ0) is 12.5. The van der Waals surface area contributed by atoms with Gasteiger partial charge in [-0.2, -0.15) is 0 Å². The second-order valence-corrected chi connectivity index (χ2v) is 4.76. The van der Waals surface area contributed by atoms with E-state index in [4.69, 9.17) is 4.98 Å². The minimum Gasteiger partial charge on any atom is -0.339 e. The van der Waals surface area contributed by atoms with Gasteiger partial charge in [0.1, 0.15) is 5.65 Å². The van der Waals surface area contributed by atoms with E-state index in [1.54, 1.807) is 0 Å². The Morgan fingerprint density at radius 2 is 1.94 bits per heavy atom. The van der Waals surface area contributed by atoms with E-state index in [-0.39, 0.29) is 0 Å². The highest BCUT2D eigenvalue weighted by Gasteiger charge is 2.09. The Hall–Kier alpha value is -1.83. The Bertz CT molecular complexity index is 695. The smallest absolute Gasteiger partial charge is 0.138 e. The van der Waals surface area contributed by atoms with Crippen LogP contribution in [0.25, 0.3) is 21.9 Å². The molecule has 0 amide bonds. The van der Waals surface area contributed by atoms with Crippen molar-refractivity contribution in [2.24, 2.45) is 0 Å². The van der Waals surface area contributed by atoms with Crippen molar-refractivity contribution in [3.05, 3.63) is 41.6 Å². The summed E-state index contributed by atoms with van der Waals surface area (Å²) in [7, 11) is 0. The molecule has 3 aromatic rings. The molecule has 18 heavy (non-hydrogen) atoms. The summed E-state index contributed by atoms with van der Waals surface area (Å²) in [5, 5.41) is 2.53. The highest BCUT2D eigenvalue weighted by atomic mass is 14.9. The number of hydrogen-bond acceptors (Lipinski definition) is 1. The molecule has 0 fully saturated rings. The number of benzene rings is 1. The number of aromatic nitrogens is 2. The van der Waals surface area contributed by atoms with E-state index in [2.05, 4.69) is 49.2 Å². The molecule has 0 aliphatic carbocycles. The monoisotopic (exact) mass is 238 g/mol. The van der Waals surface area contributed by atoms with Gasteiger partial charge in [-0.25, -0.2) is 4.98 Å². The van der Waals surface area contributed by atoms with Gasteiger partial charge in [-0.1, -0.05) is 38.5 Å². The number of H-pyrrole nitrogens is 1. The minimum atomic E-state index is 1.02. The first-order chi connectivity index (χ1) is 8.83. The van der Waals surface area contributed by atoms with E-state index in [1.165, 1.54) is 27.5 Å². The molecule has 2 heteroatoms. The number of pyridine rings is 1. The number of fused-ring (bicyclic) bond motifs is 3. The summed E-state index contributed by atoms with van der Waals surface area (Å²) in [5.41, 5.74) is 4.83. The summed E-state index contributed by atoms with van der Waals surface area (Å²) >= 11 is 0. The summed E-state index contributed by atoms with van der Waals surface area (Å²) in [5.74, 6) is 0. The van der Waals surface area contributed by atoms with Crippen molar-refractivity contribution >= 4 is 21.9 Å². The summed E-state index contributed by atoms with van der Waals surface area (Å²) in [4.78, 5) is 8.23. The van der Waals surface area contributed by atoms with Crippen LogP contribution in [-0.4, -0.2) is 9.97 Å². The van der Waals surface area contributed by atoms with Crippen LogP contribution in [0.2, 0.25) is 0 Å². The second-order valence-electron chi connectivity index (χ2n) is 4.76. The molecule has 1 N–H and O–H groups in total. The maximum Gasteiger partial charge on any atom is 0.138 e. The molecule has 0 spiro atoms. The lowest BCUT2D eigenvalue weighted by Crippen LogP contribution is -1.97. The van der Waals surface area contributed by atoms with E-state index < -0.39 is 0 Å². The predicted octanol–water partition coefficient (Wildman–Crippen LogP) is 4.23. The van der Waals surface area contributed by atoms with E-state index in [0.717, 1.165) is 24.9 Å². The Morgan fingerprint density at radius 1 is 1.11 bits per heavy atom. The van der Waals surface area contributed by atoms with Crippen LogP contribution >= 0.6 is 0 Å². The fourth-order valence-electron chi connectivity index (χ4n) is 2.61. The van der Waals surface area contributed by atoms with Gasteiger partial charge in [-0.3, -0.25) is 0 Å². The Morgan fingerprint density at radius 3 is 2.72 bits per heavy atom. The van der Waals surface area contributed by atoms with Gasteiger partial charge in [-0.05, 0) is 30.5 Å². The Labute approximate surface area is 107 Å². The van der Waals surface area contributed by atoms with Crippen LogP contribution in [0.3, 0.4) is 0 Å². The molecule has 0 atom stereocenters.